The van der Waals surface area contributed by atoms with Crippen molar-refractivity contribution in [1.82, 2.24) is 14.9 Å². The number of nitrogen functional groups attached to an aromatic ring is 1. The zero-order chi connectivity index (χ0) is 13.0. The second-order valence-corrected chi connectivity index (χ2v) is 4.69. The number of rotatable bonds is 4. The number of anilines is 2. The molecule has 1 aliphatic heterocycles. The summed E-state index contributed by atoms with van der Waals surface area (Å²) in [5.41, 5.74) is 6.67. The lowest BCUT2D eigenvalue weighted by Crippen LogP contribution is -2.42. The summed E-state index contributed by atoms with van der Waals surface area (Å²) < 4.78 is 5.34. The van der Waals surface area contributed by atoms with E-state index in [1.54, 1.807) is 0 Å². The largest absolute Gasteiger partial charge is 0.383 e. The van der Waals surface area contributed by atoms with Gasteiger partial charge in [-0.05, 0) is 13.8 Å². The van der Waals surface area contributed by atoms with Crippen LogP contribution in [-0.4, -0.2) is 53.8 Å². The number of hydrogen-bond acceptors (Lipinski definition) is 6. The van der Waals surface area contributed by atoms with E-state index in [-0.39, 0.29) is 0 Å². The van der Waals surface area contributed by atoms with Crippen molar-refractivity contribution in [2.75, 3.05) is 43.9 Å². The Morgan fingerprint density at radius 3 is 2.89 bits per heavy atom. The molecule has 1 saturated heterocycles. The van der Waals surface area contributed by atoms with Crippen LogP contribution in [0.2, 0.25) is 0 Å². The second kappa shape index (κ2) is 5.97. The molecule has 1 unspecified atom stereocenters. The zero-order valence-corrected chi connectivity index (χ0v) is 11.0. The monoisotopic (exact) mass is 251 g/mol. The second-order valence-electron chi connectivity index (χ2n) is 4.69. The Morgan fingerprint density at radius 2 is 2.17 bits per heavy atom. The van der Waals surface area contributed by atoms with Crippen LogP contribution < -0.4 is 11.1 Å². The lowest BCUT2D eigenvalue weighted by Gasteiger charge is -2.29. The third-order valence-corrected chi connectivity index (χ3v) is 3.14. The van der Waals surface area contributed by atoms with E-state index in [0.29, 0.717) is 11.9 Å². The molecule has 0 aliphatic carbocycles. The summed E-state index contributed by atoms with van der Waals surface area (Å²) in [7, 11) is 0. The molecule has 3 N–H and O–H groups in total. The summed E-state index contributed by atoms with van der Waals surface area (Å²) in [5.74, 6) is 1.36. The molecule has 0 radical (unpaired) electrons. The fraction of sp³-hybridized carbons (Fsp3) is 0.667. The Kier molecular flexibility index (Phi) is 4.33. The molecule has 2 heterocycles. The maximum atomic E-state index is 5.76. The predicted octanol–water partition coefficient (Wildman–Crippen LogP) is 0.500. The molecule has 1 aliphatic rings. The molecule has 1 atom stereocenters. The molecular weight excluding hydrogens is 230 g/mol. The van der Waals surface area contributed by atoms with E-state index >= 15 is 0 Å². The minimum Gasteiger partial charge on any atom is -0.383 e. The summed E-state index contributed by atoms with van der Waals surface area (Å²) >= 11 is 0. The number of nitrogens with zero attached hydrogens (tertiary/aromatic N) is 3. The number of nitrogens with one attached hydrogen (secondary N) is 1. The van der Waals surface area contributed by atoms with Gasteiger partial charge in [-0.2, -0.15) is 0 Å². The first-order valence-corrected chi connectivity index (χ1v) is 6.30. The van der Waals surface area contributed by atoms with Crippen molar-refractivity contribution in [2.24, 2.45) is 0 Å². The van der Waals surface area contributed by atoms with E-state index in [1.807, 2.05) is 6.92 Å². The number of ether oxygens (including phenoxy) is 1. The fourth-order valence-corrected chi connectivity index (χ4v) is 2.06. The minimum absolute atomic E-state index is 0.316. The summed E-state index contributed by atoms with van der Waals surface area (Å²) in [6, 6.07) is 0.316. The molecule has 0 amide bonds. The predicted molar refractivity (Wildman–Crippen MR) is 71.5 cm³/mol. The molecule has 100 valence electrons. The Bertz CT molecular complexity index is 392. The number of aromatic nitrogens is 2. The van der Waals surface area contributed by atoms with E-state index in [9.17, 15) is 0 Å². The molecule has 18 heavy (non-hydrogen) atoms. The van der Waals surface area contributed by atoms with Gasteiger partial charge < -0.3 is 15.8 Å². The Morgan fingerprint density at radius 1 is 1.44 bits per heavy atom. The Balaban J connectivity index is 1.90. The van der Waals surface area contributed by atoms with Crippen molar-refractivity contribution >= 4 is 11.6 Å². The summed E-state index contributed by atoms with van der Waals surface area (Å²) in [4.78, 5) is 10.6. The average molecular weight is 251 g/mol. The van der Waals surface area contributed by atoms with Crippen LogP contribution in [0.5, 0.6) is 0 Å². The van der Waals surface area contributed by atoms with Crippen LogP contribution in [-0.2, 0) is 4.74 Å². The molecule has 0 saturated carbocycles. The Hall–Kier alpha value is -1.40. The van der Waals surface area contributed by atoms with Crippen LogP contribution in [0.1, 0.15) is 12.5 Å². The first-order valence-electron chi connectivity index (χ1n) is 6.30. The van der Waals surface area contributed by atoms with Crippen LogP contribution >= 0.6 is 0 Å². The zero-order valence-electron chi connectivity index (χ0n) is 11.0. The molecule has 2 rings (SSSR count). The molecule has 0 bridgehead atoms. The van der Waals surface area contributed by atoms with E-state index < -0.39 is 0 Å². The molecule has 1 fully saturated rings. The minimum atomic E-state index is 0.316. The molecule has 1 aromatic heterocycles. The molecule has 0 aromatic carbocycles. The first-order chi connectivity index (χ1) is 8.66. The van der Waals surface area contributed by atoms with Crippen molar-refractivity contribution in [1.29, 1.82) is 0 Å². The highest BCUT2D eigenvalue weighted by molar-refractivity contribution is 5.54. The average Bonchev–Trinajstić information content (AvgIpc) is 2.36. The Labute approximate surface area is 108 Å². The van der Waals surface area contributed by atoms with Crippen molar-refractivity contribution < 1.29 is 4.74 Å². The van der Waals surface area contributed by atoms with Crippen molar-refractivity contribution in [3.63, 3.8) is 0 Å². The summed E-state index contributed by atoms with van der Waals surface area (Å²) in [6.07, 6.45) is 1.49. The van der Waals surface area contributed by atoms with Crippen molar-refractivity contribution in [2.45, 2.75) is 19.9 Å². The van der Waals surface area contributed by atoms with Gasteiger partial charge in [-0.25, -0.2) is 9.97 Å². The van der Waals surface area contributed by atoms with Gasteiger partial charge in [-0.1, -0.05) is 0 Å². The smallest absolute Gasteiger partial charge is 0.134 e. The number of morpholine rings is 1. The van der Waals surface area contributed by atoms with Gasteiger partial charge in [0, 0.05) is 31.2 Å². The van der Waals surface area contributed by atoms with Gasteiger partial charge in [-0.3, -0.25) is 4.90 Å². The normalized spacial score (nSPS) is 18.6. The number of nitrogens with two attached hydrogens (primary N) is 1. The van der Waals surface area contributed by atoms with E-state index in [1.165, 1.54) is 6.33 Å². The van der Waals surface area contributed by atoms with Gasteiger partial charge in [-0.15, -0.1) is 0 Å². The van der Waals surface area contributed by atoms with Gasteiger partial charge in [0.15, 0.2) is 0 Å². The quantitative estimate of drug-likeness (QED) is 0.811. The summed E-state index contributed by atoms with van der Waals surface area (Å²) in [5, 5.41) is 3.38. The van der Waals surface area contributed by atoms with Gasteiger partial charge >= 0.3 is 0 Å². The van der Waals surface area contributed by atoms with Crippen LogP contribution in [0, 0.1) is 6.92 Å². The topological polar surface area (TPSA) is 76.3 Å². The van der Waals surface area contributed by atoms with Gasteiger partial charge in [0.1, 0.15) is 18.0 Å². The highest BCUT2D eigenvalue weighted by Gasteiger charge is 2.14. The standard InChI is InChI=1S/C12H21N5O/c1-9(7-17-3-5-18-6-4-17)16-12-10(2)11(13)14-8-15-12/h8-9H,3-7H2,1-2H3,(H3,13,14,15,16). The molecular formula is C12H21N5O. The highest BCUT2D eigenvalue weighted by atomic mass is 16.5. The highest BCUT2D eigenvalue weighted by Crippen LogP contribution is 2.16. The van der Waals surface area contributed by atoms with Crippen LogP contribution in [0.4, 0.5) is 11.6 Å². The van der Waals surface area contributed by atoms with E-state index in [2.05, 4.69) is 27.1 Å². The maximum Gasteiger partial charge on any atom is 0.134 e. The van der Waals surface area contributed by atoms with Crippen LogP contribution in [0.3, 0.4) is 0 Å². The van der Waals surface area contributed by atoms with Crippen LogP contribution in [0.15, 0.2) is 6.33 Å². The van der Waals surface area contributed by atoms with Crippen molar-refractivity contribution in [3.8, 4) is 0 Å². The van der Waals surface area contributed by atoms with Crippen LogP contribution in [0.25, 0.3) is 0 Å². The third kappa shape index (κ3) is 3.30. The molecule has 6 nitrogen and oxygen atoms in total. The lowest BCUT2D eigenvalue weighted by molar-refractivity contribution is 0.0368. The van der Waals surface area contributed by atoms with Gasteiger partial charge in [0.05, 0.1) is 13.2 Å². The third-order valence-electron chi connectivity index (χ3n) is 3.14. The maximum absolute atomic E-state index is 5.76. The van der Waals surface area contributed by atoms with Gasteiger partial charge in [0.25, 0.3) is 0 Å². The SMILES string of the molecule is Cc1c(N)ncnc1NC(C)CN1CCOCC1. The number of hydrogen-bond donors (Lipinski definition) is 2. The lowest BCUT2D eigenvalue weighted by atomic mass is 10.2. The fourth-order valence-electron chi connectivity index (χ4n) is 2.06. The summed E-state index contributed by atoms with van der Waals surface area (Å²) in [6.45, 7) is 8.70. The molecule has 6 heteroatoms. The van der Waals surface area contributed by atoms with Crippen molar-refractivity contribution in [3.05, 3.63) is 11.9 Å². The first kappa shape index (κ1) is 13.0. The van der Waals surface area contributed by atoms with Gasteiger partial charge in [0.2, 0.25) is 0 Å². The van der Waals surface area contributed by atoms with E-state index in [4.69, 9.17) is 10.5 Å². The van der Waals surface area contributed by atoms with E-state index in [0.717, 1.165) is 44.2 Å². The molecule has 1 aromatic rings. The molecule has 0 spiro atoms.